The fourth-order valence-electron chi connectivity index (χ4n) is 5.85. The topological polar surface area (TPSA) is 69.7 Å². The molecule has 1 aromatic carbocycles. The van der Waals surface area contributed by atoms with Crippen molar-refractivity contribution in [3.8, 4) is 11.1 Å². The van der Waals surface area contributed by atoms with Crippen molar-refractivity contribution in [3.63, 3.8) is 0 Å². The van der Waals surface area contributed by atoms with Gasteiger partial charge in [0.2, 0.25) is 0 Å². The minimum absolute atomic E-state index is 0.0626. The van der Waals surface area contributed by atoms with E-state index in [9.17, 15) is 13.2 Å². The second-order valence-electron chi connectivity index (χ2n) is 9.15. The molecule has 5 nitrogen and oxygen atoms in total. The summed E-state index contributed by atoms with van der Waals surface area (Å²) in [4.78, 5) is 8.41. The van der Waals surface area contributed by atoms with Gasteiger partial charge in [-0.1, -0.05) is 19.1 Å². The molecule has 0 radical (unpaired) electrons. The van der Waals surface area contributed by atoms with Crippen LogP contribution in [0.3, 0.4) is 0 Å². The van der Waals surface area contributed by atoms with Crippen molar-refractivity contribution >= 4 is 6.02 Å². The number of benzene rings is 1. The van der Waals surface area contributed by atoms with Gasteiger partial charge in [0.1, 0.15) is 12.1 Å². The normalized spacial score (nSPS) is 34.1. The lowest BCUT2D eigenvalue weighted by atomic mass is 9.59. The van der Waals surface area contributed by atoms with Crippen LogP contribution < -0.4 is 5.73 Å². The Hall–Kier alpha value is -2.61. The number of alkyl halides is 3. The Balaban J connectivity index is 1.67. The Morgan fingerprint density at radius 3 is 2.72 bits per heavy atom. The average Bonchev–Trinajstić information content (AvgIpc) is 3.17. The molecule has 0 bridgehead atoms. The molecule has 1 aromatic heterocycles. The van der Waals surface area contributed by atoms with Gasteiger partial charge < -0.3 is 15.2 Å². The van der Waals surface area contributed by atoms with Gasteiger partial charge in [-0.15, -0.1) is 0 Å². The molecular weight excluding hydrogens is 419 g/mol. The zero-order chi connectivity index (χ0) is 24.5. The van der Waals surface area contributed by atoms with Crippen LogP contribution in [0.15, 0.2) is 41.7 Å². The first kappa shape index (κ1) is 18.9. The summed E-state index contributed by atoms with van der Waals surface area (Å²) in [6.07, 6.45) is 0.330. The van der Waals surface area contributed by atoms with Crippen molar-refractivity contribution < 1.29 is 25.4 Å². The average molecular weight is 447 g/mol. The number of pyridine rings is 1. The maximum absolute atomic E-state index is 13.3. The lowest BCUT2D eigenvalue weighted by Crippen LogP contribution is -2.48. The van der Waals surface area contributed by atoms with Crippen LogP contribution >= 0.6 is 0 Å². The van der Waals surface area contributed by atoms with E-state index in [2.05, 4.69) is 16.9 Å². The fraction of sp³-hybridized carbons (Fsp3) is 0.500. The molecule has 3 aliphatic rings. The highest BCUT2D eigenvalue weighted by atomic mass is 19.4. The van der Waals surface area contributed by atoms with Gasteiger partial charge in [-0.3, -0.25) is 4.98 Å². The van der Waals surface area contributed by atoms with Crippen LogP contribution in [-0.4, -0.2) is 30.8 Å². The van der Waals surface area contributed by atoms with Crippen molar-refractivity contribution in [3.05, 3.63) is 53.3 Å². The molecular formula is C24H26F3N3O2. The molecule has 1 aliphatic heterocycles. The molecule has 170 valence electrons. The van der Waals surface area contributed by atoms with E-state index in [0.717, 1.165) is 24.2 Å². The van der Waals surface area contributed by atoms with Gasteiger partial charge in [-0.05, 0) is 60.4 Å². The number of fused-ring (bicyclic) bond motifs is 3. The van der Waals surface area contributed by atoms with Gasteiger partial charge in [0.15, 0.2) is 0 Å². The quantitative estimate of drug-likeness (QED) is 0.726. The molecule has 8 heteroatoms. The van der Waals surface area contributed by atoms with Gasteiger partial charge in [0.25, 0.3) is 6.02 Å². The largest absolute Gasteiger partial charge is 0.462 e. The third-order valence-electron chi connectivity index (χ3n) is 7.33. The molecule has 1 saturated carbocycles. The summed E-state index contributed by atoms with van der Waals surface area (Å²) in [5, 5.41) is 0. The summed E-state index contributed by atoms with van der Waals surface area (Å²) in [7, 11) is 1.68. The van der Waals surface area contributed by atoms with E-state index in [1.165, 1.54) is 6.20 Å². The molecule has 5 rings (SSSR count). The molecule has 0 amide bonds. The van der Waals surface area contributed by atoms with Crippen LogP contribution in [-0.2, 0) is 27.6 Å². The smallest absolute Gasteiger partial charge is 0.417 e. The van der Waals surface area contributed by atoms with Crippen LogP contribution in [0.2, 0.25) is 0 Å². The van der Waals surface area contributed by atoms with E-state index in [-0.39, 0.29) is 18.0 Å². The van der Waals surface area contributed by atoms with Crippen LogP contribution in [0, 0.1) is 11.3 Å². The number of aliphatic imine (C=N–C) groups is 1. The zero-order valence-corrected chi connectivity index (χ0v) is 17.9. The summed E-state index contributed by atoms with van der Waals surface area (Å²) in [6.45, 7) is -0.128. The number of halogens is 3. The lowest BCUT2D eigenvalue weighted by molar-refractivity contribution is -0.137. The predicted molar refractivity (Wildman–Crippen MR) is 114 cm³/mol. The molecule has 2 N–H and O–H groups in total. The number of ether oxygens (including phenoxy) is 2. The highest BCUT2D eigenvalue weighted by Gasteiger charge is 2.62. The van der Waals surface area contributed by atoms with Crippen molar-refractivity contribution in [2.24, 2.45) is 22.1 Å². The van der Waals surface area contributed by atoms with Gasteiger partial charge in [-0.2, -0.15) is 13.2 Å². The summed E-state index contributed by atoms with van der Waals surface area (Å²) in [6, 6.07) is 6.18. The molecule has 2 spiro atoms. The highest BCUT2D eigenvalue weighted by molar-refractivity contribution is 5.76. The minimum atomic E-state index is -4.52. The molecule has 2 aromatic rings. The van der Waals surface area contributed by atoms with Crippen LogP contribution in [0.25, 0.3) is 11.1 Å². The number of hydrogen-bond acceptors (Lipinski definition) is 5. The number of aromatic nitrogens is 1. The Kier molecular flexibility index (Phi) is 4.26. The van der Waals surface area contributed by atoms with E-state index in [4.69, 9.17) is 17.9 Å². The number of nitrogens with zero attached hydrogens (tertiary/aromatic N) is 2. The van der Waals surface area contributed by atoms with Gasteiger partial charge in [0.05, 0.1) is 14.4 Å². The molecule has 0 unspecified atom stereocenters. The van der Waals surface area contributed by atoms with Gasteiger partial charge >= 0.3 is 6.18 Å². The summed E-state index contributed by atoms with van der Waals surface area (Å²) >= 11 is 0. The molecule has 32 heavy (non-hydrogen) atoms. The minimum Gasteiger partial charge on any atom is -0.462 e. The van der Waals surface area contributed by atoms with E-state index in [0.29, 0.717) is 36.0 Å². The summed E-state index contributed by atoms with van der Waals surface area (Å²) in [5.41, 5.74) is 5.40. The molecule has 2 heterocycles. The summed E-state index contributed by atoms with van der Waals surface area (Å²) in [5.74, 6) is 0.157. The van der Waals surface area contributed by atoms with E-state index >= 15 is 0 Å². The maximum atomic E-state index is 13.3. The molecule has 0 saturated heterocycles. The Morgan fingerprint density at radius 2 is 2.06 bits per heavy atom. The fourth-order valence-corrected chi connectivity index (χ4v) is 5.85. The first-order valence-electron chi connectivity index (χ1n) is 11.7. The molecule has 2 aliphatic carbocycles. The maximum Gasteiger partial charge on any atom is 0.417 e. The zero-order valence-electron chi connectivity index (χ0n) is 19.9. The number of hydrogen-bond donors (Lipinski definition) is 1. The number of methoxy groups -OCH3 is 1. The van der Waals surface area contributed by atoms with E-state index in [1.807, 2.05) is 6.07 Å². The van der Waals surface area contributed by atoms with Gasteiger partial charge in [0, 0.05) is 30.5 Å². The monoisotopic (exact) mass is 447 g/mol. The lowest BCUT2D eigenvalue weighted by Gasteiger charge is -2.47. The first-order valence-corrected chi connectivity index (χ1v) is 10.7. The third-order valence-corrected chi connectivity index (χ3v) is 7.33. The van der Waals surface area contributed by atoms with Crippen molar-refractivity contribution in [2.75, 3.05) is 13.7 Å². The van der Waals surface area contributed by atoms with Gasteiger partial charge in [-0.25, -0.2) is 4.99 Å². The van der Waals surface area contributed by atoms with Crippen LogP contribution in [0.4, 0.5) is 13.2 Å². The standard InChI is InChI=1S/C24H26F3N3O2/c1-14-9-22(6-5-20(14)31-2)10-16-4-3-15(8-19(16)23(22)13-32-21(28)30-23)17-7-18(12-29-11-17)24(25,26)27/h3-4,7-8,11-12,14,20H,5-6,9-10,13H2,1-2H3,(H2,28,30)/t14-,20-,22-,23+/m0/s1/i13D2. The van der Waals surface area contributed by atoms with Crippen LogP contribution in [0.1, 0.15) is 45.6 Å². The first-order chi connectivity index (χ1) is 15.9. The third kappa shape index (κ3) is 3.10. The van der Waals surface area contributed by atoms with Crippen molar-refractivity contribution in [1.82, 2.24) is 4.98 Å². The molecule has 1 fully saturated rings. The van der Waals surface area contributed by atoms with E-state index in [1.54, 1.807) is 19.2 Å². The predicted octanol–water partition coefficient (Wildman–Crippen LogP) is 4.69. The molecule has 4 atom stereocenters. The Labute approximate surface area is 187 Å². The Morgan fingerprint density at radius 1 is 1.25 bits per heavy atom. The Bertz CT molecular complexity index is 1170. The van der Waals surface area contributed by atoms with Crippen molar-refractivity contribution in [2.45, 2.75) is 50.4 Å². The van der Waals surface area contributed by atoms with Crippen LogP contribution in [0.5, 0.6) is 0 Å². The van der Waals surface area contributed by atoms with E-state index < -0.39 is 29.3 Å². The summed E-state index contributed by atoms with van der Waals surface area (Å²) < 4.78 is 68.6. The second-order valence-corrected chi connectivity index (χ2v) is 9.15. The highest BCUT2D eigenvalue weighted by Crippen LogP contribution is 2.62. The van der Waals surface area contributed by atoms with Crippen molar-refractivity contribution in [1.29, 1.82) is 0 Å². The number of amidine groups is 1. The SMILES string of the molecule is [2H]C1([2H])OC(N)=N[C@@]12c1cc(-c3cncc(C(F)(F)F)c3)ccc1C[C@@]21CC[C@H](OC)[C@@H](C)C1. The number of rotatable bonds is 2. The second kappa shape index (κ2) is 7.20. The number of nitrogens with two attached hydrogens (primary N) is 1.